The van der Waals surface area contributed by atoms with Crippen LogP contribution in [0.3, 0.4) is 0 Å². The molecule has 7 heteroatoms. The van der Waals surface area contributed by atoms with Gasteiger partial charge in [0.05, 0.1) is 16.8 Å². The molecular formula is C19H25N5O2. The number of likely N-dealkylation sites (tertiary alicyclic amines) is 1. The minimum atomic E-state index is -0.0587. The molecule has 0 N–H and O–H groups in total. The Kier molecular flexibility index (Phi) is 5.06. The van der Waals surface area contributed by atoms with Gasteiger partial charge >= 0.3 is 0 Å². The van der Waals surface area contributed by atoms with Crippen LogP contribution in [0.4, 0.5) is 0 Å². The number of rotatable bonds is 3. The van der Waals surface area contributed by atoms with Crippen LogP contribution in [0.15, 0.2) is 24.5 Å². The van der Waals surface area contributed by atoms with Crippen LogP contribution in [0.1, 0.15) is 50.9 Å². The molecule has 1 unspecified atom stereocenters. The Morgan fingerprint density at radius 1 is 1.27 bits per heavy atom. The molecule has 3 rings (SSSR count). The van der Waals surface area contributed by atoms with Crippen LogP contribution in [0.5, 0.6) is 0 Å². The normalized spacial score (nSPS) is 17.2. The Labute approximate surface area is 153 Å². The Bertz CT molecular complexity index is 810. The van der Waals surface area contributed by atoms with Crippen molar-refractivity contribution < 1.29 is 9.59 Å². The van der Waals surface area contributed by atoms with Gasteiger partial charge < -0.3 is 9.80 Å². The third-order valence-corrected chi connectivity index (χ3v) is 4.81. The molecule has 2 aromatic heterocycles. The highest BCUT2D eigenvalue weighted by Crippen LogP contribution is 2.27. The quantitative estimate of drug-likeness (QED) is 0.842. The zero-order chi connectivity index (χ0) is 18.8. The van der Waals surface area contributed by atoms with E-state index in [0.29, 0.717) is 17.7 Å². The van der Waals surface area contributed by atoms with E-state index in [1.54, 1.807) is 31.2 Å². The highest BCUT2D eigenvalue weighted by atomic mass is 16.2. The molecule has 1 atom stereocenters. The minimum absolute atomic E-state index is 0.0275. The maximum atomic E-state index is 12.8. The smallest absolute Gasteiger partial charge is 0.257 e. The van der Waals surface area contributed by atoms with E-state index < -0.39 is 0 Å². The first kappa shape index (κ1) is 18.1. The predicted octanol–water partition coefficient (Wildman–Crippen LogP) is 1.85. The zero-order valence-corrected chi connectivity index (χ0v) is 15.8. The number of hydrogen-bond acceptors (Lipinski definition) is 4. The predicted molar refractivity (Wildman–Crippen MR) is 98.1 cm³/mol. The molecule has 26 heavy (non-hydrogen) atoms. The summed E-state index contributed by atoms with van der Waals surface area (Å²) in [6.45, 7) is 3.25. The number of carbonyl (C=O) groups excluding carboxylic acids is 2. The Morgan fingerprint density at radius 2 is 2.04 bits per heavy atom. The van der Waals surface area contributed by atoms with E-state index in [1.807, 2.05) is 31.0 Å². The van der Waals surface area contributed by atoms with Crippen molar-refractivity contribution in [3.63, 3.8) is 0 Å². The lowest BCUT2D eigenvalue weighted by atomic mass is 9.93. The zero-order valence-electron chi connectivity index (χ0n) is 15.8. The summed E-state index contributed by atoms with van der Waals surface area (Å²) in [5.74, 6) is 0.157. The van der Waals surface area contributed by atoms with Gasteiger partial charge in [0.2, 0.25) is 0 Å². The van der Waals surface area contributed by atoms with Crippen LogP contribution in [0.2, 0.25) is 0 Å². The third kappa shape index (κ3) is 3.61. The minimum Gasteiger partial charge on any atom is -0.345 e. The molecule has 138 valence electrons. The summed E-state index contributed by atoms with van der Waals surface area (Å²) in [6, 6.07) is 3.72. The first-order valence-corrected chi connectivity index (χ1v) is 8.84. The lowest BCUT2D eigenvalue weighted by Gasteiger charge is -2.32. The molecular weight excluding hydrogens is 330 g/mol. The second kappa shape index (κ2) is 7.27. The molecule has 2 amide bonds. The monoisotopic (exact) mass is 355 g/mol. The van der Waals surface area contributed by atoms with Crippen molar-refractivity contribution in [2.45, 2.75) is 25.7 Å². The molecule has 1 saturated heterocycles. The maximum Gasteiger partial charge on any atom is 0.257 e. The van der Waals surface area contributed by atoms with Crippen molar-refractivity contribution in [1.29, 1.82) is 0 Å². The average Bonchev–Trinajstić information content (AvgIpc) is 2.98. The SMILES string of the molecule is Cc1nn(C)cc1C(=O)N1CCCC(c2ccc(C(=O)N(C)C)cn2)C1. The lowest BCUT2D eigenvalue weighted by molar-refractivity contribution is 0.0705. The fourth-order valence-corrected chi connectivity index (χ4v) is 3.41. The van der Waals surface area contributed by atoms with Gasteiger partial charge in [-0.1, -0.05) is 0 Å². The van der Waals surface area contributed by atoms with Gasteiger partial charge in [0.15, 0.2) is 0 Å². The van der Waals surface area contributed by atoms with E-state index in [9.17, 15) is 9.59 Å². The molecule has 0 aliphatic carbocycles. The first-order chi connectivity index (χ1) is 12.4. The third-order valence-electron chi connectivity index (χ3n) is 4.81. The fraction of sp³-hybridized carbons (Fsp3) is 0.474. The summed E-state index contributed by atoms with van der Waals surface area (Å²) >= 11 is 0. The van der Waals surface area contributed by atoms with Crippen LogP contribution in [-0.4, -0.2) is 63.6 Å². The van der Waals surface area contributed by atoms with Gasteiger partial charge in [0.1, 0.15) is 0 Å². The van der Waals surface area contributed by atoms with Crippen molar-refractivity contribution in [2.75, 3.05) is 27.2 Å². The number of pyridine rings is 1. The standard InChI is InChI=1S/C19H25N5O2/c1-13-16(12-23(4)21-13)19(26)24-9-5-6-15(11-24)17-8-7-14(10-20-17)18(25)22(2)3/h7-8,10,12,15H,5-6,9,11H2,1-4H3. The molecule has 0 radical (unpaired) electrons. The second-order valence-corrected chi connectivity index (χ2v) is 7.06. The Hall–Kier alpha value is -2.70. The highest BCUT2D eigenvalue weighted by molar-refractivity contribution is 5.95. The summed E-state index contributed by atoms with van der Waals surface area (Å²) in [7, 11) is 5.27. The molecule has 3 heterocycles. The topological polar surface area (TPSA) is 71.3 Å². The summed E-state index contributed by atoms with van der Waals surface area (Å²) in [5, 5.41) is 4.27. The van der Waals surface area contributed by atoms with E-state index in [4.69, 9.17) is 0 Å². The van der Waals surface area contributed by atoms with Crippen LogP contribution in [-0.2, 0) is 7.05 Å². The largest absolute Gasteiger partial charge is 0.345 e. The van der Waals surface area contributed by atoms with Crippen LogP contribution >= 0.6 is 0 Å². The van der Waals surface area contributed by atoms with Gasteiger partial charge in [-0.2, -0.15) is 5.10 Å². The van der Waals surface area contributed by atoms with Crippen molar-refractivity contribution in [3.8, 4) is 0 Å². The second-order valence-electron chi connectivity index (χ2n) is 7.06. The number of hydrogen-bond donors (Lipinski definition) is 0. The van der Waals surface area contributed by atoms with Gasteiger partial charge in [0.25, 0.3) is 11.8 Å². The van der Waals surface area contributed by atoms with E-state index in [-0.39, 0.29) is 17.7 Å². The van der Waals surface area contributed by atoms with E-state index in [0.717, 1.165) is 30.8 Å². The van der Waals surface area contributed by atoms with Crippen LogP contribution in [0, 0.1) is 6.92 Å². The number of piperidine rings is 1. The fourth-order valence-electron chi connectivity index (χ4n) is 3.41. The molecule has 0 spiro atoms. The Balaban J connectivity index is 1.73. The summed E-state index contributed by atoms with van der Waals surface area (Å²) < 4.78 is 1.67. The van der Waals surface area contributed by atoms with Crippen LogP contribution < -0.4 is 0 Å². The average molecular weight is 355 g/mol. The summed E-state index contributed by atoms with van der Waals surface area (Å²) in [5.41, 5.74) is 2.92. The Morgan fingerprint density at radius 3 is 2.62 bits per heavy atom. The van der Waals surface area contributed by atoms with Gasteiger partial charge in [0, 0.05) is 58.2 Å². The molecule has 2 aromatic rings. The summed E-state index contributed by atoms with van der Waals surface area (Å²) in [4.78, 5) is 32.7. The number of carbonyl (C=O) groups is 2. The van der Waals surface area contributed by atoms with Gasteiger partial charge in [-0.3, -0.25) is 19.3 Å². The maximum absolute atomic E-state index is 12.8. The van der Waals surface area contributed by atoms with Crippen molar-refractivity contribution in [2.24, 2.45) is 7.05 Å². The number of amides is 2. The van der Waals surface area contributed by atoms with Gasteiger partial charge in [-0.25, -0.2) is 0 Å². The summed E-state index contributed by atoms with van der Waals surface area (Å²) in [6.07, 6.45) is 5.34. The van der Waals surface area contributed by atoms with Gasteiger partial charge in [-0.15, -0.1) is 0 Å². The highest BCUT2D eigenvalue weighted by Gasteiger charge is 2.28. The number of nitrogens with zero attached hydrogens (tertiary/aromatic N) is 5. The van der Waals surface area contributed by atoms with Gasteiger partial charge in [-0.05, 0) is 31.9 Å². The number of aryl methyl sites for hydroxylation is 2. The van der Waals surface area contributed by atoms with E-state index in [2.05, 4.69) is 10.1 Å². The van der Waals surface area contributed by atoms with Crippen molar-refractivity contribution in [1.82, 2.24) is 24.6 Å². The van der Waals surface area contributed by atoms with Crippen molar-refractivity contribution >= 4 is 11.8 Å². The van der Waals surface area contributed by atoms with E-state index in [1.165, 1.54) is 4.90 Å². The molecule has 0 bridgehead atoms. The molecule has 1 aliphatic rings. The molecule has 1 aliphatic heterocycles. The lowest BCUT2D eigenvalue weighted by Crippen LogP contribution is -2.39. The molecule has 0 saturated carbocycles. The molecule has 1 fully saturated rings. The number of aromatic nitrogens is 3. The van der Waals surface area contributed by atoms with Crippen LogP contribution in [0.25, 0.3) is 0 Å². The first-order valence-electron chi connectivity index (χ1n) is 8.84. The molecule has 0 aromatic carbocycles. The van der Waals surface area contributed by atoms with E-state index >= 15 is 0 Å². The molecule has 7 nitrogen and oxygen atoms in total. The van der Waals surface area contributed by atoms with Crippen molar-refractivity contribution in [3.05, 3.63) is 47.0 Å².